The normalized spacial score (nSPS) is 20.8. The van der Waals surface area contributed by atoms with Gasteiger partial charge in [-0.05, 0) is 59.5 Å². The molecule has 188 valence electrons. The fraction of sp³-hybridized carbons (Fsp3) is 0.286. The minimum Gasteiger partial charge on any atom is -0.368 e. The van der Waals surface area contributed by atoms with Crippen LogP contribution in [0.25, 0.3) is 0 Å². The Bertz CT molecular complexity index is 1220. The van der Waals surface area contributed by atoms with Gasteiger partial charge in [0.05, 0.1) is 6.04 Å². The van der Waals surface area contributed by atoms with Crippen LogP contribution in [-0.4, -0.2) is 28.9 Å². The van der Waals surface area contributed by atoms with Crippen LogP contribution in [0.4, 0.5) is 4.39 Å². The smallest absolute Gasteiger partial charge is 0.253 e. The number of amides is 2. The van der Waals surface area contributed by atoms with E-state index in [2.05, 4.69) is 0 Å². The van der Waals surface area contributed by atoms with E-state index in [9.17, 15) is 14.0 Å². The van der Waals surface area contributed by atoms with Crippen molar-refractivity contribution >= 4 is 35.0 Å². The first-order valence-electron chi connectivity index (χ1n) is 11.8. The van der Waals surface area contributed by atoms with Crippen LogP contribution < -0.4 is 5.73 Å². The van der Waals surface area contributed by atoms with E-state index in [1.165, 1.54) is 12.1 Å². The largest absolute Gasteiger partial charge is 0.368 e. The number of hydrogen-bond donors (Lipinski definition) is 1. The topological polar surface area (TPSA) is 72.6 Å². The van der Waals surface area contributed by atoms with Crippen LogP contribution in [0.1, 0.15) is 48.6 Å². The van der Waals surface area contributed by atoms with E-state index >= 15 is 0 Å². The summed E-state index contributed by atoms with van der Waals surface area (Å²) in [7, 11) is 0. The van der Waals surface area contributed by atoms with Crippen LogP contribution in [-0.2, 0) is 20.7 Å². The van der Waals surface area contributed by atoms with Gasteiger partial charge < -0.3 is 15.4 Å². The van der Waals surface area contributed by atoms with Crippen molar-refractivity contribution in [2.45, 2.75) is 50.5 Å². The maximum absolute atomic E-state index is 14.0. The molecule has 0 bridgehead atoms. The number of carbonyl (C=O) groups is 2. The highest BCUT2D eigenvalue weighted by Crippen LogP contribution is 2.44. The highest BCUT2D eigenvalue weighted by atomic mass is 35.5. The Hall–Kier alpha value is -2.93. The molecule has 4 rings (SSSR count). The molecule has 1 aliphatic heterocycles. The molecule has 0 aromatic heterocycles. The Morgan fingerprint density at radius 1 is 1.03 bits per heavy atom. The lowest BCUT2D eigenvalue weighted by molar-refractivity contribution is -0.181. The van der Waals surface area contributed by atoms with Gasteiger partial charge in [0.15, 0.2) is 0 Å². The van der Waals surface area contributed by atoms with Gasteiger partial charge in [0.25, 0.3) is 5.91 Å². The highest BCUT2D eigenvalue weighted by Gasteiger charge is 2.47. The summed E-state index contributed by atoms with van der Waals surface area (Å²) < 4.78 is 20.0. The summed E-state index contributed by atoms with van der Waals surface area (Å²) in [5.41, 5.74) is 8.08. The third kappa shape index (κ3) is 5.72. The third-order valence-corrected chi connectivity index (χ3v) is 6.86. The van der Waals surface area contributed by atoms with Crippen LogP contribution in [0.15, 0.2) is 72.8 Å². The second-order valence-corrected chi connectivity index (χ2v) is 9.75. The van der Waals surface area contributed by atoms with E-state index in [0.717, 1.165) is 16.7 Å². The average molecular weight is 529 g/mol. The second kappa shape index (κ2) is 11.4. The Labute approximate surface area is 219 Å². The Morgan fingerprint density at radius 2 is 1.72 bits per heavy atom. The molecule has 1 aliphatic rings. The number of benzene rings is 3. The fourth-order valence-corrected chi connectivity index (χ4v) is 5.03. The number of hydrogen-bond acceptors (Lipinski definition) is 3. The average Bonchev–Trinajstić information content (AvgIpc) is 2.85. The minimum absolute atomic E-state index is 0.206. The standard InChI is InChI=1S/C28H27Cl2FN2O3/c1-2-4-23(27(32)34)33-25(18-9-11-20(29)12-10-18)26(19-5-3-6-21(30)16-19)36-24(28(33)35)15-17-7-13-22(31)14-8-17/h3,5-14,16,23-26H,2,4,15H2,1H3,(H2,32,34)/t23-,24+,25-,26+/m1/s1. The molecule has 0 aliphatic carbocycles. The second-order valence-electron chi connectivity index (χ2n) is 8.88. The molecule has 1 heterocycles. The molecule has 1 saturated heterocycles. The molecule has 0 radical (unpaired) electrons. The minimum atomic E-state index is -0.915. The lowest BCUT2D eigenvalue weighted by Crippen LogP contribution is -2.58. The van der Waals surface area contributed by atoms with E-state index in [1.807, 2.05) is 31.2 Å². The number of morpholine rings is 1. The zero-order valence-corrected chi connectivity index (χ0v) is 21.3. The molecule has 2 N–H and O–H groups in total. The molecule has 8 heteroatoms. The SMILES string of the molecule is CCC[C@H](C(N)=O)N1C(=O)[C@H](Cc2ccc(F)cc2)O[C@@H](c2cccc(Cl)c2)[C@H]1c1ccc(Cl)cc1. The molecule has 36 heavy (non-hydrogen) atoms. The first-order valence-corrected chi connectivity index (χ1v) is 12.6. The zero-order chi connectivity index (χ0) is 25.8. The lowest BCUT2D eigenvalue weighted by Gasteiger charge is -2.47. The van der Waals surface area contributed by atoms with Crippen LogP contribution in [0.3, 0.4) is 0 Å². The van der Waals surface area contributed by atoms with E-state index < -0.39 is 30.2 Å². The summed E-state index contributed by atoms with van der Waals surface area (Å²) in [5.74, 6) is -1.31. The number of halogens is 3. The van der Waals surface area contributed by atoms with Gasteiger partial charge in [-0.1, -0.05) is 72.9 Å². The number of nitrogens with zero attached hydrogens (tertiary/aromatic N) is 1. The van der Waals surface area contributed by atoms with Crippen LogP contribution in [0, 0.1) is 5.82 Å². The Morgan fingerprint density at radius 3 is 2.33 bits per heavy atom. The monoisotopic (exact) mass is 528 g/mol. The van der Waals surface area contributed by atoms with Crippen LogP contribution >= 0.6 is 23.2 Å². The van der Waals surface area contributed by atoms with Gasteiger partial charge in [0.2, 0.25) is 5.91 Å². The summed E-state index contributed by atoms with van der Waals surface area (Å²) in [6.07, 6.45) is -0.307. The predicted octanol–water partition coefficient (Wildman–Crippen LogP) is 6.04. The molecule has 0 spiro atoms. The van der Waals surface area contributed by atoms with E-state index in [1.54, 1.807) is 41.3 Å². The van der Waals surface area contributed by atoms with Gasteiger partial charge in [-0.2, -0.15) is 0 Å². The molecule has 4 atom stereocenters. The van der Waals surface area contributed by atoms with Crippen molar-refractivity contribution in [2.24, 2.45) is 5.73 Å². The predicted molar refractivity (Wildman–Crippen MR) is 138 cm³/mol. The zero-order valence-electron chi connectivity index (χ0n) is 19.7. The van der Waals surface area contributed by atoms with Crippen molar-refractivity contribution in [3.05, 3.63) is 105 Å². The molecular formula is C28H27Cl2FN2O3. The highest BCUT2D eigenvalue weighted by molar-refractivity contribution is 6.30. The van der Waals surface area contributed by atoms with Crippen molar-refractivity contribution in [1.29, 1.82) is 0 Å². The maximum atomic E-state index is 14.0. The van der Waals surface area contributed by atoms with Crippen LogP contribution in [0.5, 0.6) is 0 Å². The number of nitrogens with two attached hydrogens (primary N) is 1. The maximum Gasteiger partial charge on any atom is 0.253 e. The molecule has 2 amide bonds. The molecular weight excluding hydrogens is 502 g/mol. The van der Waals surface area contributed by atoms with Gasteiger partial charge >= 0.3 is 0 Å². The number of ether oxygens (including phenoxy) is 1. The van der Waals surface area contributed by atoms with Crippen molar-refractivity contribution in [2.75, 3.05) is 0 Å². The first-order chi connectivity index (χ1) is 17.3. The van der Waals surface area contributed by atoms with E-state index in [0.29, 0.717) is 22.9 Å². The van der Waals surface area contributed by atoms with Crippen molar-refractivity contribution < 1.29 is 18.7 Å². The number of rotatable bonds is 8. The van der Waals surface area contributed by atoms with E-state index in [4.69, 9.17) is 33.7 Å². The number of carbonyl (C=O) groups excluding carboxylic acids is 2. The van der Waals surface area contributed by atoms with Crippen LogP contribution in [0.2, 0.25) is 10.0 Å². The van der Waals surface area contributed by atoms with Crippen molar-refractivity contribution in [3.63, 3.8) is 0 Å². The van der Waals surface area contributed by atoms with Crippen molar-refractivity contribution in [3.8, 4) is 0 Å². The summed E-state index contributed by atoms with van der Waals surface area (Å²) in [6, 6.07) is 18.8. The van der Waals surface area contributed by atoms with Gasteiger partial charge in [-0.25, -0.2) is 4.39 Å². The van der Waals surface area contributed by atoms with Gasteiger partial charge in [-0.3, -0.25) is 9.59 Å². The summed E-state index contributed by atoms with van der Waals surface area (Å²) in [4.78, 5) is 28.2. The summed E-state index contributed by atoms with van der Waals surface area (Å²) in [6.45, 7) is 1.93. The van der Waals surface area contributed by atoms with Gasteiger partial charge in [0.1, 0.15) is 24.1 Å². The third-order valence-electron chi connectivity index (χ3n) is 6.38. The molecule has 3 aromatic carbocycles. The van der Waals surface area contributed by atoms with Gasteiger partial charge in [0, 0.05) is 16.5 Å². The number of primary amides is 1. The fourth-order valence-electron chi connectivity index (χ4n) is 4.71. The summed E-state index contributed by atoms with van der Waals surface area (Å²) >= 11 is 12.5. The molecule has 3 aromatic rings. The molecule has 0 unspecified atom stereocenters. The molecule has 0 saturated carbocycles. The van der Waals surface area contributed by atoms with E-state index in [-0.39, 0.29) is 18.1 Å². The first kappa shape index (κ1) is 26.1. The molecule has 5 nitrogen and oxygen atoms in total. The Kier molecular flexibility index (Phi) is 8.29. The van der Waals surface area contributed by atoms with Gasteiger partial charge in [-0.15, -0.1) is 0 Å². The Balaban J connectivity index is 1.85. The van der Waals surface area contributed by atoms with Crippen molar-refractivity contribution in [1.82, 2.24) is 4.90 Å². The summed E-state index contributed by atoms with van der Waals surface area (Å²) in [5, 5.41) is 1.06. The molecule has 1 fully saturated rings. The lowest BCUT2D eigenvalue weighted by atomic mass is 9.88. The quantitative estimate of drug-likeness (QED) is 0.387.